The second-order valence-electron chi connectivity index (χ2n) is 7.29. The summed E-state index contributed by atoms with van der Waals surface area (Å²) in [6, 6.07) is 15.4. The molecule has 0 aliphatic rings. The van der Waals surface area contributed by atoms with Gasteiger partial charge in [-0.3, -0.25) is 9.59 Å². The molecule has 0 radical (unpaired) electrons. The van der Waals surface area contributed by atoms with Crippen molar-refractivity contribution >= 4 is 39.6 Å². The van der Waals surface area contributed by atoms with Crippen LogP contribution in [0.25, 0.3) is 0 Å². The molecule has 0 fully saturated rings. The van der Waals surface area contributed by atoms with Gasteiger partial charge in [-0.05, 0) is 34.7 Å². The number of rotatable bonds is 11. The molecule has 0 unspecified atom stereocenters. The maximum Gasteiger partial charge on any atom is 0.231 e. The lowest BCUT2D eigenvalue weighted by Crippen LogP contribution is -2.24. The summed E-state index contributed by atoms with van der Waals surface area (Å²) in [7, 11) is 0. The fourth-order valence-electron chi connectivity index (χ4n) is 3.10. The Bertz CT molecular complexity index is 1170. The zero-order chi connectivity index (χ0) is 22.9. The summed E-state index contributed by atoms with van der Waals surface area (Å²) in [5.74, 6) is 0.540. The highest BCUT2D eigenvalue weighted by Crippen LogP contribution is 2.17. The molecule has 3 aromatic heterocycles. The van der Waals surface area contributed by atoms with E-state index in [1.165, 1.54) is 11.3 Å². The molecule has 33 heavy (non-hydrogen) atoms. The molecule has 0 aliphatic carbocycles. The lowest BCUT2D eigenvalue weighted by Gasteiger charge is -2.07. The average molecular weight is 482 g/mol. The van der Waals surface area contributed by atoms with E-state index < -0.39 is 0 Å². The van der Waals surface area contributed by atoms with E-state index in [0.717, 1.165) is 21.8 Å². The van der Waals surface area contributed by atoms with Crippen molar-refractivity contribution in [2.75, 3.05) is 5.32 Å². The van der Waals surface area contributed by atoms with Gasteiger partial charge in [-0.2, -0.15) is 0 Å². The Balaban J connectivity index is 1.20. The number of nitrogens with one attached hydrogen (secondary N) is 2. The molecule has 0 atom stereocenters. The van der Waals surface area contributed by atoms with Crippen molar-refractivity contribution in [1.29, 1.82) is 0 Å². The fraction of sp³-hybridized carbons (Fsp3) is 0.208. The number of amides is 2. The van der Waals surface area contributed by atoms with Crippen LogP contribution in [-0.4, -0.2) is 16.8 Å². The first kappa shape index (κ1) is 22.9. The van der Waals surface area contributed by atoms with E-state index in [4.69, 9.17) is 9.15 Å². The first-order chi connectivity index (χ1) is 16.1. The molecular formula is C24H23N3O4S2. The predicted molar refractivity (Wildman–Crippen MR) is 128 cm³/mol. The second-order valence-corrected chi connectivity index (χ2v) is 9.18. The van der Waals surface area contributed by atoms with Gasteiger partial charge in [0.2, 0.25) is 11.8 Å². The molecule has 0 saturated carbocycles. The number of thiazole rings is 1. The Kier molecular flexibility index (Phi) is 8.02. The van der Waals surface area contributed by atoms with Crippen LogP contribution in [-0.2, 0) is 46.9 Å². The number of aromatic nitrogens is 1. The smallest absolute Gasteiger partial charge is 0.231 e. The molecule has 0 spiro atoms. The van der Waals surface area contributed by atoms with Gasteiger partial charge in [-0.15, -0.1) is 22.7 Å². The van der Waals surface area contributed by atoms with Gasteiger partial charge in [0.1, 0.15) is 12.4 Å². The summed E-state index contributed by atoms with van der Waals surface area (Å²) in [6.07, 6.45) is 2.10. The van der Waals surface area contributed by atoms with E-state index in [0.29, 0.717) is 37.0 Å². The van der Waals surface area contributed by atoms with Crippen molar-refractivity contribution in [3.8, 4) is 0 Å². The van der Waals surface area contributed by atoms with Gasteiger partial charge in [0.05, 0.1) is 31.4 Å². The standard InChI is InChI=1S/C24H23N3O4S2/c28-22(11-19-16-33-24(26-19)27-23(29)12-21-7-3-9-32-21)25-13-17-4-1-5-18(10-17)14-30-15-20-6-2-8-31-20/h1-10,16H,11-15H2,(H,25,28)(H,26,27,29). The summed E-state index contributed by atoms with van der Waals surface area (Å²) >= 11 is 2.86. The van der Waals surface area contributed by atoms with Crippen molar-refractivity contribution in [2.45, 2.75) is 32.6 Å². The van der Waals surface area contributed by atoms with Crippen LogP contribution in [0, 0.1) is 0 Å². The number of thiophene rings is 1. The Morgan fingerprint density at radius 1 is 0.970 bits per heavy atom. The topological polar surface area (TPSA) is 93.5 Å². The molecule has 4 aromatic rings. The third kappa shape index (κ3) is 7.38. The average Bonchev–Trinajstić information content (AvgIpc) is 3.57. The summed E-state index contributed by atoms with van der Waals surface area (Å²) in [5, 5.41) is 9.94. The molecule has 2 amide bonds. The number of furan rings is 1. The van der Waals surface area contributed by atoms with E-state index >= 15 is 0 Å². The number of nitrogens with zero attached hydrogens (tertiary/aromatic N) is 1. The largest absolute Gasteiger partial charge is 0.467 e. The third-order valence-electron chi connectivity index (χ3n) is 4.63. The maximum atomic E-state index is 12.3. The number of carbonyl (C=O) groups excluding carboxylic acids is 2. The molecule has 1 aromatic carbocycles. The molecule has 0 saturated heterocycles. The van der Waals surface area contributed by atoms with E-state index in [1.807, 2.05) is 53.9 Å². The molecule has 2 N–H and O–H groups in total. The normalized spacial score (nSPS) is 10.8. The zero-order valence-electron chi connectivity index (χ0n) is 17.8. The molecule has 4 rings (SSSR count). The molecular weight excluding hydrogens is 458 g/mol. The Morgan fingerprint density at radius 3 is 2.70 bits per heavy atom. The molecule has 3 heterocycles. The summed E-state index contributed by atoms with van der Waals surface area (Å²) in [5.41, 5.74) is 2.64. The van der Waals surface area contributed by atoms with Gasteiger partial charge in [0, 0.05) is 16.8 Å². The minimum Gasteiger partial charge on any atom is -0.467 e. The molecule has 170 valence electrons. The van der Waals surface area contributed by atoms with E-state index in [9.17, 15) is 9.59 Å². The van der Waals surface area contributed by atoms with Crippen molar-refractivity contribution < 1.29 is 18.7 Å². The third-order valence-corrected chi connectivity index (χ3v) is 6.31. The van der Waals surface area contributed by atoms with Gasteiger partial charge >= 0.3 is 0 Å². The first-order valence-electron chi connectivity index (χ1n) is 10.4. The molecule has 7 nitrogen and oxygen atoms in total. The van der Waals surface area contributed by atoms with Gasteiger partial charge in [-0.25, -0.2) is 4.98 Å². The lowest BCUT2D eigenvalue weighted by molar-refractivity contribution is -0.120. The lowest BCUT2D eigenvalue weighted by atomic mass is 10.1. The van der Waals surface area contributed by atoms with Gasteiger partial charge < -0.3 is 19.8 Å². The number of anilines is 1. The Labute approximate surface area is 199 Å². The zero-order valence-corrected chi connectivity index (χ0v) is 19.4. The summed E-state index contributed by atoms with van der Waals surface area (Å²) < 4.78 is 10.9. The number of benzene rings is 1. The van der Waals surface area contributed by atoms with Crippen LogP contribution >= 0.6 is 22.7 Å². The number of ether oxygens (including phenoxy) is 1. The number of hydrogen-bond donors (Lipinski definition) is 2. The van der Waals surface area contributed by atoms with Crippen LogP contribution in [0.1, 0.15) is 27.5 Å². The Morgan fingerprint density at radius 2 is 1.88 bits per heavy atom. The maximum absolute atomic E-state index is 12.3. The SMILES string of the molecule is O=C(Cc1csc(NC(=O)Cc2cccs2)n1)NCc1cccc(COCc2ccco2)c1. The first-order valence-corrected chi connectivity index (χ1v) is 12.1. The second kappa shape index (κ2) is 11.6. The number of carbonyl (C=O) groups is 2. The van der Waals surface area contributed by atoms with Crippen LogP contribution in [0.15, 0.2) is 70.0 Å². The quantitative estimate of drug-likeness (QED) is 0.328. The highest BCUT2D eigenvalue weighted by Gasteiger charge is 2.11. The van der Waals surface area contributed by atoms with E-state index in [2.05, 4.69) is 15.6 Å². The van der Waals surface area contributed by atoms with Gasteiger partial charge in [0.25, 0.3) is 0 Å². The van der Waals surface area contributed by atoms with Crippen molar-refractivity contribution in [3.63, 3.8) is 0 Å². The Hall–Kier alpha value is -3.27. The highest BCUT2D eigenvalue weighted by atomic mass is 32.1. The van der Waals surface area contributed by atoms with E-state index in [1.54, 1.807) is 23.0 Å². The monoisotopic (exact) mass is 481 g/mol. The van der Waals surface area contributed by atoms with Crippen LogP contribution in [0.3, 0.4) is 0 Å². The number of hydrogen-bond acceptors (Lipinski definition) is 7. The molecule has 0 aliphatic heterocycles. The summed E-state index contributed by atoms with van der Waals surface area (Å²) in [6.45, 7) is 1.29. The van der Waals surface area contributed by atoms with Crippen LogP contribution < -0.4 is 10.6 Å². The minimum absolute atomic E-state index is 0.115. The summed E-state index contributed by atoms with van der Waals surface area (Å²) in [4.78, 5) is 29.8. The van der Waals surface area contributed by atoms with Crippen molar-refractivity contribution in [1.82, 2.24) is 10.3 Å². The van der Waals surface area contributed by atoms with Crippen molar-refractivity contribution in [3.05, 3.63) is 93.0 Å². The van der Waals surface area contributed by atoms with E-state index in [-0.39, 0.29) is 18.2 Å². The molecule has 9 heteroatoms. The van der Waals surface area contributed by atoms with Crippen LogP contribution in [0.2, 0.25) is 0 Å². The van der Waals surface area contributed by atoms with Crippen molar-refractivity contribution in [2.24, 2.45) is 0 Å². The van der Waals surface area contributed by atoms with Crippen LogP contribution in [0.4, 0.5) is 5.13 Å². The molecule has 0 bridgehead atoms. The minimum atomic E-state index is -0.128. The predicted octanol–water partition coefficient (Wildman–Crippen LogP) is 4.55. The van der Waals surface area contributed by atoms with Gasteiger partial charge in [-0.1, -0.05) is 30.3 Å². The fourth-order valence-corrected chi connectivity index (χ4v) is 4.53. The van der Waals surface area contributed by atoms with Crippen LogP contribution in [0.5, 0.6) is 0 Å². The van der Waals surface area contributed by atoms with Gasteiger partial charge in [0.15, 0.2) is 5.13 Å². The highest BCUT2D eigenvalue weighted by molar-refractivity contribution is 7.14.